The molecule has 0 saturated carbocycles. The van der Waals surface area contributed by atoms with Crippen LogP contribution >= 0.6 is 0 Å². The molecule has 2 atom stereocenters. The Kier molecular flexibility index (Phi) is 5.17. The third-order valence-electron chi connectivity index (χ3n) is 2.79. The van der Waals surface area contributed by atoms with Crippen LogP contribution < -0.4 is 10.1 Å². The molecule has 0 aromatic heterocycles. The normalized spacial score (nSPS) is 14.6. The van der Waals surface area contributed by atoms with Crippen molar-refractivity contribution in [2.45, 2.75) is 59.3 Å². The molecule has 1 rings (SSSR count). The van der Waals surface area contributed by atoms with Crippen molar-refractivity contribution in [1.82, 2.24) is 5.32 Å². The second-order valence-corrected chi connectivity index (χ2v) is 6.22. The van der Waals surface area contributed by atoms with E-state index in [4.69, 9.17) is 4.74 Å². The first kappa shape index (κ1) is 16.5. The molecule has 0 heterocycles. The SMILES string of the molecule is Cc1ccc([C@@H](C)O)c(OC(C)C(=O)NC(C)(C)C)c1. The second-order valence-electron chi connectivity index (χ2n) is 6.22. The van der Waals surface area contributed by atoms with Gasteiger partial charge in [-0.25, -0.2) is 0 Å². The Labute approximate surface area is 121 Å². The van der Waals surface area contributed by atoms with Gasteiger partial charge < -0.3 is 15.2 Å². The van der Waals surface area contributed by atoms with Gasteiger partial charge in [-0.05, 0) is 53.2 Å². The van der Waals surface area contributed by atoms with Gasteiger partial charge in [-0.1, -0.05) is 12.1 Å². The lowest BCUT2D eigenvalue weighted by molar-refractivity contribution is -0.128. The summed E-state index contributed by atoms with van der Waals surface area (Å²) in [6.45, 7) is 11.1. The standard InChI is InChI=1S/C16H25NO3/c1-10-7-8-13(11(2)18)14(9-10)20-12(3)15(19)17-16(4,5)6/h7-9,11-12,18H,1-6H3,(H,17,19)/t11-,12?/m1/s1. The summed E-state index contributed by atoms with van der Waals surface area (Å²) in [5, 5.41) is 12.6. The van der Waals surface area contributed by atoms with Gasteiger partial charge in [-0.15, -0.1) is 0 Å². The van der Waals surface area contributed by atoms with Crippen LogP contribution in [0.2, 0.25) is 0 Å². The van der Waals surface area contributed by atoms with Crippen LogP contribution in [0.15, 0.2) is 18.2 Å². The minimum absolute atomic E-state index is 0.171. The van der Waals surface area contributed by atoms with Crippen molar-refractivity contribution in [3.05, 3.63) is 29.3 Å². The lowest BCUT2D eigenvalue weighted by atomic mass is 10.1. The van der Waals surface area contributed by atoms with Gasteiger partial charge in [0.1, 0.15) is 5.75 Å². The van der Waals surface area contributed by atoms with E-state index in [1.165, 1.54) is 0 Å². The van der Waals surface area contributed by atoms with E-state index in [9.17, 15) is 9.90 Å². The van der Waals surface area contributed by atoms with Crippen LogP contribution in [0.3, 0.4) is 0 Å². The minimum Gasteiger partial charge on any atom is -0.481 e. The highest BCUT2D eigenvalue weighted by Gasteiger charge is 2.22. The summed E-state index contributed by atoms with van der Waals surface area (Å²) in [7, 11) is 0. The highest BCUT2D eigenvalue weighted by atomic mass is 16.5. The lowest BCUT2D eigenvalue weighted by Gasteiger charge is -2.24. The van der Waals surface area contributed by atoms with Gasteiger partial charge in [0.25, 0.3) is 5.91 Å². The Balaban J connectivity index is 2.87. The maximum Gasteiger partial charge on any atom is 0.261 e. The quantitative estimate of drug-likeness (QED) is 0.891. The predicted octanol–water partition coefficient (Wildman–Crippen LogP) is 2.73. The summed E-state index contributed by atoms with van der Waals surface area (Å²) in [5.74, 6) is 0.382. The number of carbonyl (C=O) groups is 1. The fraction of sp³-hybridized carbons (Fsp3) is 0.562. The molecule has 0 fully saturated rings. The van der Waals surface area contributed by atoms with Crippen molar-refractivity contribution in [3.8, 4) is 5.75 Å². The van der Waals surface area contributed by atoms with Gasteiger partial charge >= 0.3 is 0 Å². The molecule has 0 aliphatic carbocycles. The van der Waals surface area contributed by atoms with Crippen molar-refractivity contribution in [1.29, 1.82) is 0 Å². The average molecular weight is 279 g/mol. The minimum atomic E-state index is -0.636. The van der Waals surface area contributed by atoms with Gasteiger partial charge in [0.05, 0.1) is 6.10 Å². The summed E-state index contributed by atoms with van der Waals surface area (Å²) in [5.41, 5.74) is 1.41. The van der Waals surface area contributed by atoms with Crippen molar-refractivity contribution >= 4 is 5.91 Å². The molecule has 0 radical (unpaired) electrons. The fourth-order valence-electron chi connectivity index (χ4n) is 1.80. The molecule has 0 aliphatic heterocycles. The zero-order chi connectivity index (χ0) is 15.5. The summed E-state index contributed by atoms with van der Waals surface area (Å²) in [6.07, 6.45) is -1.25. The Morgan fingerprint density at radius 3 is 2.40 bits per heavy atom. The van der Waals surface area contributed by atoms with E-state index in [1.807, 2.05) is 45.9 Å². The van der Waals surface area contributed by atoms with E-state index >= 15 is 0 Å². The number of nitrogens with one attached hydrogen (secondary N) is 1. The number of hydrogen-bond acceptors (Lipinski definition) is 3. The van der Waals surface area contributed by atoms with E-state index in [2.05, 4.69) is 5.32 Å². The van der Waals surface area contributed by atoms with Crippen molar-refractivity contribution in [2.75, 3.05) is 0 Å². The van der Waals surface area contributed by atoms with Crippen LogP contribution in [-0.2, 0) is 4.79 Å². The van der Waals surface area contributed by atoms with E-state index in [-0.39, 0.29) is 11.4 Å². The molecule has 112 valence electrons. The number of rotatable bonds is 4. The van der Waals surface area contributed by atoms with Crippen molar-refractivity contribution in [2.24, 2.45) is 0 Å². The number of aryl methyl sites for hydroxylation is 1. The number of benzene rings is 1. The lowest BCUT2D eigenvalue weighted by Crippen LogP contribution is -2.46. The summed E-state index contributed by atoms with van der Waals surface area (Å²) >= 11 is 0. The number of ether oxygens (including phenoxy) is 1. The molecule has 20 heavy (non-hydrogen) atoms. The Morgan fingerprint density at radius 1 is 1.30 bits per heavy atom. The topological polar surface area (TPSA) is 58.6 Å². The maximum atomic E-state index is 12.0. The summed E-state index contributed by atoms with van der Waals surface area (Å²) in [6, 6.07) is 5.57. The van der Waals surface area contributed by atoms with Crippen LogP contribution in [0.1, 0.15) is 51.8 Å². The molecule has 1 aromatic rings. The van der Waals surface area contributed by atoms with Crippen molar-refractivity contribution < 1.29 is 14.6 Å². The summed E-state index contributed by atoms with van der Waals surface area (Å²) < 4.78 is 5.72. The second kappa shape index (κ2) is 6.27. The Hall–Kier alpha value is -1.55. The number of hydrogen-bond donors (Lipinski definition) is 2. The number of amides is 1. The zero-order valence-corrected chi connectivity index (χ0v) is 13.2. The van der Waals surface area contributed by atoms with E-state index in [0.717, 1.165) is 5.56 Å². The molecule has 1 amide bonds. The Morgan fingerprint density at radius 2 is 1.90 bits per heavy atom. The number of carbonyl (C=O) groups excluding carboxylic acids is 1. The molecular weight excluding hydrogens is 254 g/mol. The average Bonchev–Trinajstić information content (AvgIpc) is 2.26. The van der Waals surface area contributed by atoms with E-state index in [1.54, 1.807) is 13.8 Å². The molecule has 0 aliphatic rings. The smallest absolute Gasteiger partial charge is 0.261 e. The molecule has 1 aromatic carbocycles. The van der Waals surface area contributed by atoms with Crippen molar-refractivity contribution in [3.63, 3.8) is 0 Å². The van der Waals surface area contributed by atoms with Gasteiger partial charge in [0.2, 0.25) is 0 Å². The first-order chi connectivity index (χ1) is 9.10. The molecule has 2 N–H and O–H groups in total. The first-order valence-electron chi connectivity index (χ1n) is 6.87. The summed E-state index contributed by atoms with van der Waals surface area (Å²) in [4.78, 5) is 12.0. The van der Waals surface area contributed by atoms with Gasteiger partial charge in [-0.2, -0.15) is 0 Å². The highest BCUT2D eigenvalue weighted by molar-refractivity contribution is 5.81. The highest BCUT2D eigenvalue weighted by Crippen LogP contribution is 2.27. The fourth-order valence-corrected chi connectivity index (χ4v) is 1.80. The van der Waals surface area contributed by atoms with E-state index < -0.39 is 12.2 Å². The van der Waals surface area contributed by atoms with Gasteiger partial charge in [0, 0.05) is 11.1 Å². The van der Waals surface area contributed by atoms with Crippen LogP contribution in [0.5, 0.6) is 5.75 Å². The molecule has 4 heteroatoms. The van der Waals surface area contributed by atoms with Crippen LogP contribution in [0, 0.1) is 6.92 Å². The first-order valence-corrected chi connectivity index (χ1v) is 6.87. The van der Waals surface area contributed by atoms with Gasteiger partial charge in [-0.3, -0.25) is 4.79 Å². The molecule has 0 bridgehead atoms. The monoisotopic (exact) mass is 279 g/mol. The van der Waals surface area contributed by atoms with E-state index in [0.29, 0.717) is 11.3 Å². The number of aliphatic hydroxyl groups excluding tert-OH is 1. The predicted molar refractivity (Wildman–Crippen MR) is 79.8 cm³/mol. The molecular formula is C16H25NO3. The third-order valence-corrected chi connectivity index (χ3v) is 2.79. The molecule has 1 unspecified atom stereocenters. The third kappa shape index (κ3) is 4.85. The Bertz CT molecular complexity index is 475. The van der Waals surface area contributed by atoms with Crippen LogP contribution in [-0.4, -0.2) is 22.7 Å². The van der Waals surface area contributed by atoms with Crippen LogP contribution in [0.25, 0.3) is 0 Å². The van der Waals surface area contributed by atoms with Gasteiger partial charge in [0.15, 0.2) is 6.10 Å². The molecule has 0 spiro atoms. The van der Waals surface area contributed by atoms with Crippen LogP contribution in [0.4, 0.5) is 0 Å². The zero-order valence-electron chi connectivity index (χ0n) is 13.2. The molecule has 0 saturated heterocycles. The maximum absolute atomic E-state index is 12.0. The largest absolute Gasteiger partial charge is 0.481 e. The molecule has 4 nitrogen and oxygen atoms in total. The number of aliphatic hydroxyl groups is 1.